The molecule has 2 aromatic rings. The van der Waals surface area contributed by atoms with Crippen molar-refractivity contribution in [2.45, 2.75) is 26.0 Å². The second-order valence-corrected chi connectivity index (χ2v) is 5.62. The number of carbonyl (C=O) groups is 1. The molecule has 0 aliphatic rings. The van der Waals surface area contributed by atoms with Crippen LogP contribution in [0.2, 0.25) is 10.3 Å². The molecule has 0 amide bonds. The minimum absolute atomic E-state index is 0.0455. The van der Waals surface area contributed by atoms with Gasteiger partial charge in [-0.15, -0.1) is 0 Å². The van der Waals surface area contributed by atoms with Crippen molar-refractivity contribution in [3.8, 4) is 0 Å². The second-order valence-electron chi connectivity index (χ2n) is 4.84. The molecule has 5 nitrogen and oxygen atoms in total. The molecule has 0 saturated carbocycles. The highest BCUT2D eigenvalue weighted by molar-refractivity contribution is 6.32. The first-order valence-corrected chi connectivity index (χ1v) is 7.35. The van der Waals surface area contributed by atoms with Crippen LogP contribution >= 0.6 is 23.2 Å². The maximum atomic E-state index is 11.9. The summed E-state index contributed by atoms with van der Waals surface area (Å²) in [5.41, 5.74) is 8.33. The molecular formula is C15H15Cl2N3O2. The van der Waals surface area contributed by atoms with E-state index in [1.54, 1.807) is 18.3 Å². The van der Waals surface area contributed by atoms with E-state index in [9.17, 15) is 4.79 Å². The fourth-order valence-corrected chi connectivity index (χ4v) is 2.43. The average molecular weight is 340 g/mol. The van der Waals surface area contributed by atoms with Crippen LogP contribution in [0.15, 0.2) is 30.5 Å². The highest BCUT2D eigenvalue weighted by atomic mass is 35.5. The van der Waals surface area contributed by atoms with Crippen LogP contribution in [-0.4, -0.2) is 22.0 Å². The molecule has 2 aromatic heterocycles. The number of rotatable bonds is 5. The molecule has 22 heavy (non-hydrogen) atoms. The summed E-state index contributed by atoms with van der Waals surface area (Å²) in [6.07, 6.45) is 2.07. The van der Waals surface area contributed by atoms with Gasteiger partial charge in [-0.3, -0.25) is 9.78 Å². The van der Waals surface area contributed by atoms with Crippen molar-refractivity contribution < 1.29 is 9.53 Å². The number of aromatic nitrogens is 2. The van der Waals surface area contributed by atoms with E-state index in [2.05, 4.69) is 9.97 Å². The molecule has 2 N–H and O–H groups in total. The molecule has 0 aliphatic carbocycles. The zero-order valence-corrected chi connectivity index (χ0v) is 13.4. The minimum atomic E-state index is -0.741. The van der Waals surface area contributed by atoms with Crippen LogP contribution in [-0.2, 0) is 22.6 Å². The van der Waals surface area contributed by atoms with Gasteiger partial charge in [0.25, 0.3) is 0 Å². The fourth-order valence-electron chi connectivity index (χ4n) is 1.93. The summed E-state index contributed by atoms with van der Waals surface area (Å²) in [6.45, 7) is 1.92. The molecule has 0 unspecified atom stereocenters. The first-order chi connectivity index (χ1) is 10.4. The maximum Gasteiger partial charge on any atom is 0.323 e. The predicted octanol–water partition coefficient (Wildman–Crippen LogP) is 2.71. The van der Waals surface area contributed by atoms with Gasteiger partial charge in [0.2, 0.25) is 0 Å². The lowest BCUT2D eigenvalue weighted by Crippen LogP contribution is -2.34. The van der Waals surface area contributed by atoms with Gasteiger partial charge >= 0.3 is 5.97 Å². The molecule has 0 aliphatic heterocycles. The number of ether oxygens (including phenoxy) is 1. The van der Waals surface area contributed by atoms with Crippen LogP contribution < -0.4 is 5.73 Å². The highest BCUT2D eigenvalue weighted by Crippen LogP contribution is 2.15. The van der Waals surface area contributed by atoms with Gasteiger partial charge in [-0.25, -0.2) is 4.98 Å². The van der Waals surface area contributed by atoms with E-state index in [0.29, 0.717) is 12.0 Å². The highest BCUT2D eigenvalue weighted by Gasteiger charge is 2.16. The van der Waals surface area contributed by atoms with E-state index in [-0.39, 0.29) is 16.9 Å². The Labute approximate surface area is 138 Å². The summed E-state index contributed by atoms with van der Waals surface area (Å²) in [5, 5.41) is 0.491. The molecule has 7 heteroatoms. The zero-order valence-electron chi connectivity index (χ0n) is 11.9. The quantitative estimate of drug-likeness (QED) is 0.669. The van der Waals surface area contributed by atoms with Crippen molar-refractivity contribution in [2.24, 2.45) is 5.73 Å². The second kappa shape index (κ2) is 7.54. The molecule has 0 spiro atoms. The molecule has 2 heterocycles. The molecule has 116 valence electrons. The Morgan fingerprint density at radius 1 is 1.27 bits per heavy atom. The fraction of sp³-hybridized carbons (Fsp3) is 0.267. The standard InChI is InChI=1S/C15H15Cl2N3O2/c1-9-4-10(2-3-19-9)5-12(18)15(21)22-8-11-6-13(16)20-14(17)7-11/h2-4,6-7,12H,5,8,18H2,1H3/t12-/m0/s1. The topological polar surface area (TPSA) is 78.1 Å². The number of aryl methyl sites for hydroxylation is 1. The van der Waals surface area contributed by atoms with Crippen molar-refractivity contribution in [2.75, 3.05) is 0 Å². The number of esters is 1. The molecular weight excluding hydrogens is 325 g/mol. The van der Waals surface area contributed by atoms with Gasteiger partial charge in [0.05, 0.1) is 0 Å². The third-order valence-electron chi connectivity index (χ3n) is 2.92. The Morgan fingerprint density at radius 2 is 1.95 bits per heavy atom. The van der Waals surface area contributed by atoms with Crippen LogP contribution in [0.3, 0.4) is 0 Å². The molecule has 0 saturated heterocycles. The van der Waals surface area contributed by atoms with E-state index in [0.717, 1.165) is 11.3 Å². The smallest absolute Gasteiger partial charge is 0.323 e. The SMILES string of the molecule is Cc1cc(C[C@H](N)C(=O)OCc2cc(Cl)nc(Cl)c2)ccn1. The van der Waals surface area contributed by atoms with E-state index in [1.807, 2.05) is 19.1 Å². The summed E-state index contributed by atoms with van der Waals surface area (Å²) < 4.78 is 5.18. The van der Waals surface area contributed by atoms with Gasteiger partial charge in [0.1, 0.15) is 23.0 Å². The van der Waals surface area contributed by atoms with Crippen molar-refractivity contribution in [1.82, 2.24) is 9.97 Å². The van der Waals surface area contributed by atoms with Gasteiger partial charge < -0.3 is 10.5 Å². The summed E-state index contributed by atoms with van der Waals surface area (Å²) in [4.78, 5) is 19.8. The van der Waals surface area contributed by atoms with Gasteiger partial charge in [-0.05, 0) is 48.7 Å². The van der Waals surface area contributed by atoms with Gasteiger partial charge in [-0.1, -0.05) is 23.2 Å². The van der Waals surface area contributed by atoms with Crippen LogP contribution in [0.5, 0.6) is 0 Å². The number of halogens is 2. The number of nitrogens with zero attached hydrogens (tertiary/aromatic N) is 2. The van der Waals surface area contributed by atoms with E-state index < -0.39 is 12.0 Å². The normalized spacial score (nSPS) is 12.0. The number of pyridine rings is 2. The Balaban J connectivity index is 1.91. The van der Waals surface area contributed by atoms with Crippen LogP contribution in [0.25, 0.3) is 0 Å². The van der Waals surface area contributed by atoms with Crippen molar-refractivity contribution in [1.29, 1.82) is 0 Å². The van der Waals surface area contributed by atoms with Gasteiger partial charge in [-0.2, -0.15) is 0 Å². The Hall–Kier alpha value is -1.69. The van der Waals surface area contributed by atoms with Crippen molar-refractivity contribution in [3.05, 3.63) is 57.6 Å². The summed E-state index contributed by atoms with van der Waals surface area (Å²) in [5.74, 6) is -0.487. The lowest BCUT2D eigenvalue weighted by molar-refractivity contribution is -0.146. The van der Waals surface area contributed by atoms with E-state index in [4.69, 9.17) is 33.7 Å². The Morgan fingerprint density at radius 3 is 2.59 bits per heavy atom. The Kier molecular flexibility index (Phi) is 5.71. The molecule has 1 atom stereocenters. The lowest BCUT2D eigenvalue weighted by atomic mass is 10.1. The number of hydrogen-bond donors (Lipinski definition) is 1. The summed E-state index contributed by atoms with van der Waals surface area (Å²) in [6, 6.07) is 6.13. The Bertz CT molecular complexity index is 659. The maximum absolute atomic E-state index is 11.9. The summed E-state index contributed by atoms with van der Waals surface area (Å²) >= 11 is 11.6. The minimum Gasteiger partial charge on any atom is -0.460 e. The van der Waals surface area contributed by atoms with E-state index in [1.165, 1.54) is 0 Å². The third kappa shape index (κ3) is 4.94. The van der Waals surface area contributed by atoms with Crippen molar-refractivity contribution in [3.63, 3.8) is 0 Å². The molecule has 0 aromatic carbocycles. The van der Waals surface area contributed by atoms with Gasteiger partial charge in [0, 0.05) is 11.9 Å². The largest absolute Gasteiger partial charge is 0.460 e. The molecule has 0 fully saturated rings. The molecule has 0 radical (unpaired) electrons. The van der Waals surface area contributed by atoms with E-state index >= 15 is 0 Å². The zero-order chi connectivity index (χ0) is 16.1. The van der Waals surface area contributed by atoms with Crippen LogP contribution in [0, 0.1) is 6.92 Å². The lowest BCUT2D eigenvalue weighted by Gasteiger charge is -2.12. The monoisotopic (exact) mass is 339 g/mol. The first-order valence-electron chi connectivity index (χ1n) is 6.60. The third-order valence-corrected chi connectivity index (χ3v) is 3.31. The average Bonchev–Trinajstić information content (AvgIpc) is 2.43. The van der Waals surface area contributed by atoms with Crippen LogP contribution in [0.4, 0.5) is 0 Å². The first kappa shape index (κ1) is 16.7. The molecule has 0 bridgehead atoms. The van der Waals surface area contributed by atoms with Crippen molar-refractivity contribution >= 4 is 29.2 Å². The summed E-state index contributed by atoms with van der Waals surface area (Å²) in [7, 11) is 0. The van der Waals surface area contributed by atoms with Crippen LogP contribution in [0.1, 0.15) is 16.8 Å². The number of nitrogens with two attached hydrogens (primary N) is 1. The van der Waals surface area contributed by atoms with Gasteiger partial charge in [0.15, 0.2) is 0 Å². The number of hydrogen-bond acceptors (Lipinski definition) is 5. The number of carbonyl (C=O) groups excluding carboxylic acids is 1. The predicted molar refractivity (Wildman–Crippen MR) is 84.7 cm³/mol. The molecule has 2 rings (SSSR count).